The molecule has 0 amide bonds. The summed E-state index contributed by atoms with van der Waals surface area (Å²) in [5, 5.41) is 5.21. The summed E-state index contributed by atoms with van der Waals surface area (Å²) in [7, 11) is 0. The van der Waals surface area contributed by atoms with Gasteiger partial charge in [-0.05, 0) is 72.9 Å². The minimum Gasteiger partial charge on any atom is -0.378 e. The normalized spacial score (nSPS) is 24.9. The van der Waals surface area contributed by atoms with Gasteiger partial charge in [0.2, 0.25) is 0 Å². The summed E-state index contributed by atoms with van der Waals surface area (Å²) >= 11 is 7.45. The fourth-order valence-electron chi connectivity index (χ4n) is 5.51. The minimum atomic E-state index is 0.290. The second-order valence-electron chi connectivity index (χ2n) is 10.1. The first kappa shape index (κ1) is 25.9. The van der Waals surface area contributed by atoms with Crippen LogP contribution in [0, 0.1) is 11.8 Å². The highest BCUT2D eigenvalue weighted by Gasteiger charge is 2.39. The van der Waals surface area contributed by atoms with E-state index in [4.69, 9.17) is 0 Å². The molecular weight excluding hydrogens is 543 g/mol. The van der Waals surface area contributed by atoms with Crippen LogP contribution in [0.4, 0.5) is 5.69 Å². The van der Waals surface area contributed by atoms with Crippen LogP contribution in [0.15, 0.2) is 85.0 Å². The number of para-hydroxylation sites is 1. The van der Waals surface area contributed by atoms with Crippen molar-refractivity contribution in [3.63, 3.8) is 0 Å². The number of thioether (sulfide) groups is 1. The summed E-state index contributed by atoms with van der Waals surface area (Å²) in [4.78, 5) is 18.2. The molecule has 6 heteroatoms. The highest BCUT2D eigenvalue weighted by Crippen LogP contribution is 2.48. The second-order valence-corrected chi connectivity index (χ2v) is 14.9. The fourth-order valence-corrected chi connectivity index (χ4v) is 10.4. The number of hydrogen-bond acceptors (Lipinski definition) is 6. The highest BCUT2D eigenvalue weighted by molar-refractivity contribution is 8.00. The molecule has 4 aromatic rings. The molecule has 0 bridgehead atoms. The number of allylic oxidation sites excluding steroid dienone is 2. The van der Waals surface area contributed by atoms with E-state index in [-0.39, 0.29) is 6.04 Å². The van der Waals surface area contributed by atoms with Gasteiger partial charge < -0.3 is 5.32 Å². The predicted molar refractivity (Wildman–Crippen MR) is 170 cm³/mol. The van der Waals surface area contributed by atoms with E-state index in [0.29, 0.717) is 17.1 Å². The molecular formula is C32H31NOS4. The summed E-state index contributed by atoms with van der Waals surface area (Å²) < 4.78 is 0. The third kappa shape index (κ3) is 5.37. The topological polar surface area (TPSA) is 29.1 Å². The van der Waals surface area contributed by atoms with Gasteiger partial charge in [-0.1, -0.05) is 50.3 Å². The summed E-state index contributed by atoms with van der Waals surface area (Å²) in [6.07, 6.45) is 10.8. The first-order chi connectivity index (χ1) is 18.6. The number of carbonyl (C=O) groups is 1. The first-order valence-electron chi connectivity index (χ1n) is 13.2. The standard InChI is InChI=1S/C32H31NOS4/c1-3-23-17-20(2)32(36-23)25-18-21(9-11-26(25)33-22-7-5-4-6-8-22)27-13-14-30(37-27)31-16-15-29(38-31)28-12-10-24(19-34)35-28/h4-16,18-20,23,25-26,32-33H,3,17H2,1-2H3. The van der Waals surface area contributed by atoms with Crippen molar-refractivity contribution in [2.75, 3.05) is 5.32 Å². The molecule has 194 valence electrons. The largest absolute Gasteiger partial charge is 0.378 e. The Labute approximate surface area is 241 Å². The lowest BCUT2D eigenvalue weighted by molar-refractivity contribution is 0.112. The van der Waals surface area contributed by atoms with Gasteiger partial charge in [-0.15, -0.1) is 34.0 Å². The number of rotatable bonds is 8. The van der Waals surface area contributed by atoms with Crippen LogP contribution in [0.5, 0.6) is 0 Å². The lowest BCUT2D eigenvalue weighted by atomic mass is 9.82. The van der Waals surface area contributed by atoms with Crippen molar-refractivity contribution in [2.24, 2.45) is 11.8 Å². The van der Waals surface area contributed by atoms with Crippen molar-refractivity contribution in [1.82, 2.24) is 0 Å². The first-order valence-corrected chi connectivity index (χ1v) is 16.6. The fraction of sp³-hybridized carbons (Fsp3) is 0.281. The Kier molecular flexibility index (Phi) is 7.75. The van der Waals surface area contributed by atoms with E-state index in [1.807, 2.05) is 23.5 Å². The van der Waals surface area contributed by atoms with Crippen molar-refractivity contribution in [3.8, 4) is 19.5 Å². The molecule has 1 aromatic carbocycles. The molecule has 0 radical (unpaired) electrons. The lowest BCUT2D eigenvalue weighted by Crippen LogP contribution is -2.36. The molecule has 1 aliphatic heterocycles. The molecule has 1 aliphatic carbocycles. The van der Waals surface area contributed by atoms with E-state index in [1.54, 1.807) is 22.7 Å². The molecule has 0 saturated carbocycles. The quantitative estimate of drug-likeness (QED) is 0.213. The van der Waals surface area contributed by atoms with Gasteiger partial charge in [0.25, 0.3) is 0 Å². The smallest absolute Gasteiger partial charge is 0.160 e. The molecule has 5 atom stereocenters. The van der Waals surface area contributed by atoms with E-state index in [9.17, 15) is 4.79 Å². The SMILES string of the molecule is CCC1CC(C)C(C2C=C(c3ccc(-c4ccc(-c5ccc(C=O)s5)s4)s3)C=CC2Nc2ccccc2)S1. The minimum absolute atomic E-state index is 0.290. The molecule has 6 rings (SSSR count). The molecule has 5 unspecified atom stereocenters. The van der Waals surface area contributed by atoms with Crippen LogP contribution in [-0.2, 0) is 0 Å². The van der Waals surface area contributed by atoms with Gasteiger partial charge in [0, 0.05) is 46.5 Å². The van der Waals surface area contributed by atoms with Crippen molar-refractivity contribution < 1.29 is 4.79 Å². The molecule has 3 aromatic heterocycles. The highest BCUT2D eigenvalue weighted by atomic mass is 32.2. The number of anilines is 1. The Morgan fingerprint density at radius 3 is 2.18 bits per heavy atom. The Morgan fingerprint density at radius 2 is 1.53 bits per heavy atom. The van der Waals surface area contributed by atoms with Gasteiger partial charge in [-0.25, -0.2) is 0 Å². The maximum Gasteiger partial charge on any atom is 0.160 e. The van der Waals surface area contributed by atoms with Crippen LogP contribution in [0.2, 0.25) is 0 Å². The maximum atomic E-state index is 11.1. The zero-order chi connectivity index (χ0) is 26.1. The van der Waals surface area contributed by atoms with Crippen molar-refractivity contribution in [3.05, 3.63) is 94.7 Å². The molecule has 4 heterocycles. The van der Waals surface area contributed by atoms with E-state index in [2.05, 4.69) is 104 Å². The summed E-state index contributed by atoms with van der Waals surface area (Å²) in [6, 6.07) is 23.8. The number of thiophene rings is 3. The van der Waals surface area contributed by atoms with Crippen LogP contribution in [0.1, 0.15) is 41.2 Å². The van der Waals surface area contributed by atoms with E-state index in [0.717, 1.165) is 21.3 Å². The molecule has 1 fully saturated rings. The van der Waals surface area contributed by atoms with Crippen LogP contribution in [0.3, 0.4) is 0 Å². The number of nitrogens with one attached hydrogen (secondary N) is 1. The molecule has 2 nitrogen and oxygen atoms in total. The third-order valence-corrected chi connectivity index (χ3v) is 13.1. The monoisotopic (exact) mass is 573 g/mol. The van der Waals surface area contributed by atoms with E-state index in [1.165, 1.54) is 43.6 Å². The number of hydrogen-bond donors (Lipinski definition) is 1. The molecule has 2 aliphatic rings. The van der Waals surface area contributed by atoms with Gasteiger partial charge in [-0.2, -0.15) is 11.8 Å². The Balaban J connectivity index is 1.26. The lowest BCUT2D eigenvalue weighted by Gasteiger charge is -2.33. The Hall–Kier alpha value is -2.38. The zero-order valence-electron chi connectivity index (χ0n) is 21.5. The summed E-state index contributed by atoms with van der Waals surface area (Å²) in [5.41, 5.74) is 2.53. The number of benzene rings is 1. The maximum absolute atomic E-state index is 11.1. The van der Waals surface area contributed by atoms with Crippen LogP contribution < -0.4 is 5.32 Å². The molecule has 1 N–H and O–H groups in total. The summed E-state index contributed by atoms with van der Waals surface area (Å²) in [5.74, 6) is 1.15. The van der Waals surface area contributed by atoms with Gasteiger partial charge in [-0.3, -0.25) is 4.79 Å². The third-order valence-electron chi connectivity index (χ3n) is 7.48. The zero-order valence-corrected chi connectivity index (χ0v) is 24.8. The van der Waals surface area contributed by atoms with Crippen molar-refractivity contribution >= 4 is 63.3 Å². The van der Waals surface area contributed by atoms with E-state index < -0.39 is 0 Å². The van der Waals surface area contributed by atoms with Crippen molar-refractivity contribution in [2.45, 2.75) is 43.2 Å². The van der Waals surface area contributed by atoms with Crippen LogP contribution >= 0.6 is 45.8 Å². The summed E-state index contributed by atoms with van der Waals surface area (Å²) in [6.45, 7) is 4.78. The number of carbonyl (C=O) groups excluding carboxylic acids is 1. The average molecular weight is 574 g/mol. The molecule has 38 heavy (non-hydrogen) atoms. The van der Waals surface area contributed by atoms with Crippen molar-refractivity contribution in [1.29, 1.82) is 0 Å². The Morgan fingerprint density at radius 1 is 0.868 bits per heavy atom. The van der Waals surface area contributed by atoms with Crippen LogP contribution in [0.25, 0.3) is 25.1 Å². The van der Waals surface area contributed by atoms with Gasteiger partial charge in [0.1, 0.15) is 0 Å². The van der Waals surface area contributed by atoms with E-state index >= 15 is 0 Å². The average Bonchev–Trinajstić information content (AvgIpc) is 3.75. The molecule has 0 spiro atoms. The van der Waals surface area contributed by atoms with Gasteiger partial charge in [0.15, 0.2) is 6.29 Å². The van der Waals surface area contributed by atoms with Gasteiger partial charge in [0.05, 0.1) is 10.9 Å². The Bertz CT molecular complexity index is 1460. The number of aldehydes is 1. The van der Waals surface area contributed by atoms with Gasteiger partial charge >= 0.3 is 0 Å². The predicted octanol–water partition coefficient (Wildman–Crippen LogP) is 9.99. The molecule has 1 saturated heterocycles. The second kappa shape index (κ2) is 11.4. The van der Waals surface area contributed by atoms with Crippen LogP contribution in [-0.4, -0.2) is 22.8 Å².